The number of hydrogen-bond donors (Lipinski definition) is 2. The van der Waals surface area contributed by atoms with Crippen molar-refractivity contribution in [3.63, 3.8) is 0 Å². The van der Waals surface area contributed by atoms with Crippen LogP contribution in [0.15, 0.2) is 22.8 Å². The Morgan fingerprint density at radius 3 is 2.77 bits per heavy atom. The number of amides is 2. The summed E-state index contributed by atoms with van der Waals surface area (Å²) in [6.07, 6.45) is 3.34. The van der Waals surface area contributed by atoms with Gasteiger partial charge in [-0.2, -0.15) is 0 Å². The minimum atomic E-state index is -1.13. The molecule has 2 aliphatic rings. The first-order valence-electron chi connectivity index (χ1n) is 7.36. The van der Waals surface area contributed by atoms with E-state index in [4.69, 9.17) is 4.42 Å². The van der Waals surface area contributed by atoms with Gasteiger partial charge in [-0.15, -0.1) is 0 Å². The molecule has 2 N–H and O–H groups in total. The highest BCUT2D eigenvalue weighted by Gasteiger charge is 2.47. The Hall–Kier alpha value is -2.31. The maximum atomic E-state index is 12.3. The Labute approximate surface area is 127 Å². The molecule has 3 rings (SSSR count). The molecule has 2 heterocycles. The van der Waals surface area contributed by atoms with E-state index in [1.54, 1.807) is 17.0 Å². The van der Waals surface area contributed by atoms with E-state index in [0.29, 0.717) is 31.7 Å². The lowest BCUT2D eigenvalue weighted by atomic mass is 9.76. The number of carbonyl (C=O) groups is 3. The number of nitrogens with zero attached hydrogens (tertiary/aromatic N) is 1. The van der Waals surface area contributed by atoms with Gasteiger partial charge in [0, 0.05) is 13.0 Å². The molecule has 7 nitrogen and oxygen atoms in total. The van der Waals surface area contributed by atoms with E-state index in [1.165, 1.54) is 6.26 Å². The van der Waals surface area contributed by atoms with Crippen molar-refractivity contribution in [2.75, 3.05) is 6.54 Å². The number of rotatable bonds is 5. The zero-order valence-corrected chi connectivity index (χ0v) is 12.1. The molecule has 2 fully saturated rings. The van der Waals surface area contributed by atoms with Crippen molar-refractivity contribution in [2.24, 2.45) is 5.92 Å². The number of nitrogens with one attached hydrogen (secondary N) is 1. The summed E-state index contributed by atoms with van der Waals surface area (Å²) in [5.41, 5.74) is -1.13. The fourth-order valence-corrected chi connectivity index (χ4v) is 2.95. The molecule has 7 heteroatoms. The third kappa shape index (κ3) is 2.58. The number of aliphatic carboxylic acids is 1. The summed E-state index contributed by atoms with van der Waals surface area (Å²) in [4.78, 5) is 37.1. The second-order valence-corrected chi connectivity index (χ2v) is 5.98. The van der Waals surface area contributed by atoms with E-state index in [2.05, 4.69) is 5.32 Å². The molecule has 118 valence electrons. The zero-order valence-electron chi connectivity index (χ0n) is 12.1. The number of furan rings is 1. The molecule has 22 heavy (non-hydrogen) atoms. The highest BCUT2D eigenvalue weighted by Crippen LogP contribution is 2.33. The predicted molar refractivity (Wildman–Crippen MR) is 74.6 cm³/mol. The minimum Gasteiger partial charge on any atom is -0.480 e. The van der Waals surface area contributed by atoms with Crippen molar-refractivity contribution >= 4 is 17.8 Å². The fourth-order valence-electron chi connectivity index (χ4n) is 2.95. The second kappa shape index (κ2) is 5.47. The van der Waals surface area contributed by atoms with Crippen LogP contribution in [0, 0.1) is 5.92 Å². The van der Waals surface area contributed by atoms with Crippen LogP contribution >= 0.6 is 0 Å². The molecular formula is C15H18N2O5. The molecule has 1 aliphatic carbocycles. The molecule has 1 saturated carbocycles. The Morgan fingerprint density at radius 2 is 2.23 bits per heavy atom. The van der Waals surface area contributed by atoms with E-state index in [1.807, 2.05) is 0 Å². The molecule has 0 aromatic carbocycles. The average molecular weight is 306 g/mol. The molecule has 2 amide bonds. The smallest absolute Gasteiger partial charge is 0.329 e. The van der Waals surface area contributed by atoms with Gasteiger partial charge >= 0.3 is 5.97 Å². The zero-order chi connectivity index (χ0) is 15.7. The quantitative estimate of drug-likeness (QED) is 0.836. The summed E-state index contributed by atoms with van der Waals surface area (Å²) in [6, 6.07) is 3.52. The second-order valence-electron chi connectivity index (χ2n) is 5.98. The van der Waals surface area contributed by atoms with Gasteiger partial charge in [0.25, 0.3) is 0 Å². The molecule has 1 saturated heterocycles. The normalized spacial score (nSPS) is 23.2. The average Bonchev–Trinajstić information content (AvgIpc) is 3.04. The third-order valence-corrected chi connectivity index (χ3v) is 4.49. The van der Waals surface area contributed by atoms with Crippen molar-refractivity contribution in [2.45, 2.75) is 37.8 Å². The third-order valence-electron chi connectivity index (χ3n) is 4.49. The van der Waals surface area contributed by atoms with E-state index < -0.39 is 17.4 Å². The van der Waals surface area contributed by atoms with Crippen LogP contribution in [0.2, 0.25) is 0 Å². The van der Waals surface area contributed by atoms with Crippen molar-refractivity contribution in [1.29, 1.82) is 0 Å². The monoisotopic (exact) mass is 306 g/mol. The highest BCUT2D eigenvalue weighted by molar-refractivity contribution is 5.93. The van der Waals surface area contributed by atoms with Gasteiger partial charge in [0.2, 0.25) is 11.8 Å². The van der Waals surface area contributed by atoms with Crippen molar-refractivity contribution in [3.8, 4) is 0 Å². The van der Waals surface area contributed by atoms with E-state index >= 15 is 0 Å². The fraction of sp³-hybridized carbons (Fsp3) is 0.533. The maximum Gasteiger partial charge on any atom is 0.329 e. The molecule has 1 aromatic heterocycles. The minimum absolute atomic E-state index is 0.113. The first kappa shape index (κ1) is 14.6. The first-order valence-corrected chi connectivity index (χ1v) is 7.36. The Morgan fingerprint density at radius 1 is 1.45 bits per heavy atom. The van der Waals surface area contributed by atoms with E-state index in [-0.39, 0.29) is 18.2 Å². The van der Waals surface area contributed by atoms with E-state index in [9.17, 15) is 19.5 Å². The van der Waals surface area contributed by atoms with Gasteiger partial charge in [-0.1, -0.05) is 0 Å². The van der Waals surface area contributed by atoms with Crippen LogP contribution in [-0.2, 0) is 20.9 Å². The summed E-state index contributed by atoms with van der Waals surface area (Å²) in [6.45, 7) is 0.626. The van der Waals surface area contributed by atoms with Gasteiger partial charge in [-0.3, -0.25) is 9.59 Å². The van der Waals surface area contributed by atoms with Crippen molar-refractivity contribution < 1.29 is 23.9 Å². The number of carbonyl (C=O) groups excluding carboxylic acids is 2. The molecule has 1 unspecified atom stereocenters. The SMILES string of the molecule is O=C(NC1(C(=O)O)CCC1)C1CC(=O)N(Cc2ccco2)C1. The van der Waals surface area contributed by atoms with Crippen LogP contribution in [0.4, 0.5) is 0 Å². The molecule has 1 atom stereocenters. The number of carboxylic acid groups (broad SMARTS) is 1. The molecule has 1 aliphatic heterocycles. The lowest BCUT2D eigenvalue weighted by Crippen LogP contribution is -2.60. The highest BCUT2D eigenvalue weighted by atomic mass is 16.4. The van der Waals surface area contributed by atoms with Crippen molar-refractivity contribution in [3.05, 3.63) is 24.2 Å². The Bertz CT molecular complexity index is 591. The predicted octanol–water partition coefficient (Wildman–Crippen LogP) is 0.752. The first-order chi connectivity index (χ1) is 10.5. The Balaban J connectivity index is 1.60. The summed E-state index contributed by atoms with van der Waals surface area (Å²) in [5, 5.41) is 11.9. The van der Waals surface area contributed by atoms with Gasteiger partial charge in [-0.05, 0) is 31.4 Å². The summed E-state index contributed by atoms with van der Waals surface area (Å²) in [5.74, 6) is -1.30. The Kier molecular flexibility index (Phi) is 3.64. The molecule has 0 radical (unpaired) electrons. The van der Waals surface area contributed by atoms with Crippen LogP contribution < -0.4 is 5.32 Å². The standard InChI is InChI=1S/C15H18N2O5/c18-12-7-10(8-17(12)9-11-3-1-6-22-11)13(19)16-15(14(20)21)4-2-5-15/h1,3,6,10H,2,4-5,7-9H2,(H,16,19)(H,20,21). The van der Waals surface area contributed by atoms with Gasteiger partial charge < -0.3 is 19.7 Å². The lowest BCUT2D eigenvalue weighted by Gasteiger charge is -2.38. The molecule has 0 spiro atoms. The topological polar surface area (TPSA) is 99.8 Å². The summed E-state index contributed by atoms with van der Waals surface area (Å²) < 4.78 is 5.21. The van der Waals surface area contributed by atoms with Crippen LogP contribution in [0.1, 0.15) is 31.4 Å². The number of likely N-dealkylation sites (tertiary alicyclic amines) is 1. The van der Waals surface area contributed by atoms with Gasteiger partial charge in [0.1, 0.15) is 11.3 Å². The van der Waals surface area contributed by atoms with E-state index in [0.717, 1.165) is 6.42 Å². The largest absolute Gasteiger partial charge is 0.480 e. The number of hydrogen-bond acceptors (Lipinski definition) is 4. The summed E-state index contributed by atoms with van der Waals surface area (Å²) >= 11 is 0. The van der Waals surface area contributed by atoms with Gasteiger partial charge in [0.15, 0.2) is 0 Å². The van der Waals surface area contributed by atoms with Crippen molar-refractivity contribution in [1.82, 2.24) is 10.2 Å². The molecular weight excluding hydrogens is 288 g/mol. The van der Waals surface area contributed by atoms with Crippen LogP contribution in [0.3, 0.4) is 0 Å². The molecule has 0 bridgehead atoms. The van der Waals surface area contributed by atoms with Crippen LogP contribution in [-0.4, -0.2) is 39.9 Å². The van der Waals surface area contributed by atoms with Crippen LogP contribution in [0.5, 0.6) is 0 Å². The van der Waals surface area contributed by atoms with Gasteiger partial charge in [-0.25, -0.2) is 4.79 Å². The van der Waals surface area contributed by atoms with Gasteiger partial charge in [0.05, 0.1) is 18.7 Å². The number of carboxylic acids is 1. The summed E-state index contributed by atoms with van der Waals surface area (Å²) in [7, 11) is 0. The van der Waals surface area contributed by atoms with Crippen LogP contribution in [0.25, 0.3) is 0 Å². The maximum absolute atomic E-state index is 12.3. The molecule has 1 aromatic rings. The lowest BCUT2D eigenvalue weighted by molar-refractivity contribution is -0.152.